The number of likely N-dealkylation sites (tertiary alicyclic amines) is 1. The highest BCUT2D eigenvalue weighted by molar-refractivity contribution is 4.96. The molecule has 0 aromatic rings. The minimum atomic E-state index is 0.801. The smallest absolute Gasteiger partial charge is 0.0264 e. The summed E-state index contributed by atoms with van der Waals surface area (Å²) in [5, 5.41) is 0. The number of nitrogens with zero attached hydrogens (tertiary/aromatic N) is 2. The lowest BCUT2D eigenvalue weighted by atomic mass is 10.0. The molecule has 0 saturated carbocycles. The fourth-order valence-corrected chi connectivity index (χ4v) is 2.62. The van der Waals surface area contributed by atoms with E-state index >= 15 is 0 Å². The third kappa shape index (κ3) is 1.94. The van der Waals surface area contributed by atoms with E-state index in [1.54, 1.807) is 0 Å². The summed E-state index contributed by atoms with van der Waals surface area (Å²) in [6.45, 7) is 7.34. The van der Waals surface area contributed by atoms with Gasteiger partial charge in [0, 0.05) is 32.2 Å². The minimum Gasteiger partial charge on any atom is -0.304 e. The molecule has 2 rings (SSSR count). The predicted molar refractivity (Wildman–Crippen MR) is 55.8 cm³/mol. The average Bonchev–Trinajstić information content (AvgIpc) is 2.47. The first-order valence-corrected chi connectivity index (χ1v) is 5.35. The van der Waals surface area contributed by atoms with Crippen LogP contribution in [0.5, 0.6) is 0 Å². The van der Waals surface area contributed by atoms with Crippen molar-refractivity contribution in [2.24, 2.45) is 5.92 Å². The van der Waals surface area contributed by atoms with E-state index in [2.05, 4.69) is 35.9 Å². The van der Waals surface area contributed by atoms with E-state index in [0.29, 0.717) is 0 Å². The molecule has 1 fully saturated rings. The van der Waals surface area contributed by atoms with Gasteiger partial charge in [0.05, 0.1) is 0 Å². The van der Waals surface area contributed by atoms with Crippen molar-refractivity contribution >= 4 is 0 Å². The molecule has 2 heterocycles. The second kappa shape index (κ2) is 3.81. The van der Waals surface area contributed by atoms with Crippen molar-refractivity contribution in [1.82, 2.24) is 9.80 Å². The summed E-state index contributed by atoms with van der Waals surface area (Å²) in [7, 11) is 2.23. The first-order valence-electron chi connectivity index (χ1n) is 5.35. The van der Waals surface area contributed by atoms with Crippen molar-refractivity contribution in [2.45, 2.75) is 19.4 Å². The summed E-state index contributed by atoms with van der Waals surface area (Å²) in [6, 6.07) is 0.801. The van der Waals surface area contributed by atoms with E-state index in [1.165, 1.54) is 32.6 Å². The van der Waals surface area contributed by atoms with Gasteiger partial charge in [-0.15, -0.1) is 0 Å². The Bertz CT molecular complexity index is 200. The lowest BCUT2D eigenvalue weighted by Crippen LogP contribution is -2.41. The van der Waals surface area contributed by atoms with E-state index in [1.807, 2.05) is 0 Å². The second-order valence-electron chi connectivity index (χ2n) is 4.52. The molecule has 0 aromatic carbocycles. The Labute approximate surface area is 81.2 Å². The topological polar surface area (TPSA) is 6.48 Å². The molecule has 2 nitrogen and oxygen atoms in total. The molecular weight excluding hydrogens is 160 g/mol. The normalized spacial score (nSPS) is 37.1. The molecule has 0 bridgehead atoms. The van der Waals surface area contributed by atoms with E-state index in [9.17, 15) is 0 Å². The molecular formula is C11H20N2. The van der Waals surface area contributed by atoms with Crippen LogP contribution in [0.2, 0.25) is 0 Å². The standard InChI is InChI=1S/C11H20N2/c1-10-8-12(2)9-11(10)13-6-4-3-5-7-13/h3-4,10-11H,5-9H2,1-2H3. The van der Waals surface area contributed by atoms with Crippen LogP contribution in [0, 0.1) is 5.92 Å². The molecule has 13 heavy (non-hydrogen) atoms. The van der Waals surface area contributed by atoms with Crippen LogP contribution in [0.15, 0.2) is 12.2 Å². The molecule has 0 amide bonds. The predicted octanol–water partition coefficient (Wildman–Crippen LogP) is 1.20. The molecule has 0 radical (unpaired) electrons. The van der Waals surface area contributed by atoms with Crippen LogP contribution in [0.4, 0.5) is 0 Å². The Kier molecular flexibility index (Phi) is 2.70. The Morgan fingerprint density at radius 2 is 2.08 bits per heavy atom. The van der Waals surface area contributed by atoms with Crippen LogP contribution in [-0.4, -0.2) is 49.1 Å². The van der Waals surface area contributed by atoms with Crippen LogP contribution in [0.25, 0.3) is 0 Å². The van der Waals surface area contributed by atoms with Gasteiger partial charge in [0.25, 0.3) is 0 Å². The van der Waals surface area contributed by atoms with E-state index in [-0.39, 0.29) is 0 Å². The maximum atomic E-state index is 2.63. The Balaban J connectivity index is 1.96. The van der Waals surface area contributed by atoms with Crippen molar-refractivity contribution in [2.75, 3.05) is 33.2 Å². The summed E-state index contributed by atoms with van der Waals surface area (Å²) in [5.74, 6) is 0.844. The summed E-state index contributed by atoms with van der Waals surface area (Å²) >= 11 is 0. The minimum absolute atomic E-state index is 0.801. The molecule has 1 saturated heterocycles. The maximum absolute atomic E-state index is 2.63. The van der Waals surface area contributed by atoms with Gasteiger partial charge < -0.3 is 4.90 Å². The SMILES string of the molecule is CC1CN(C)CC1N1CC=CCC1. The lowest BCUT2D eigenvalue weighted by Gasteiger charge is -2.31. The van der Waals surface area contributed by atoms with Gasteiger partial charge in [0.1, 0.15) is 0 Å². The zero-order chi connectivity index (χ0) is 9.26. The van der Waals surface area contributed by atoms with Crippen molar-refractivity contribution < 1.29 is 0 Å². The maximum Gasteiger partial charge on any atom is 0.0264 e. The van der Waals surface area contributed by atoms with Crippen LogP contribution in [-0.2, 0) is 0 Å². The summed E-state index contributed by atoms with van der Waals surface area (Å²) in [4.78, 5) is 5.09. The highest BCUT2D eigenvalue weighted by atomic mass is 15.2. The average molecular weight is 180 g/mol. The third-order valence-electron chi connectivity index (χ3n) is 3.31. The van der Waals surface area contributed by atoms with Gasteiger partial charge >= 0.3 is 0 Å². The van der Waals surface area contributed by atoms with E-state index in [0.717, 1.165) is 12.0 Å². The van der Waals surface area contributed by atoms with Gasteiger partial charge in [0.15, 0.2) is 0 Å². The van der Waals surface area contributed by atoms with E-state index < -0.39 is 0 Å². The van der Waals surface area contributed by atoms with Gasteiger partial charge in [-0.1, -0.05) is 19.1 Å². The van der Waals surface area contributed by atoms with Crippen LogP contribution < -0.4 is 0 Å². The fourth-order valence-electron chi connectivity index (χ4n) is 2.62. The van der Waals surface area contributed by atoms with Crippen LogP contribution in [0.3, 0.4) is 0 Å². The monoisotopic (exact) mass is 180 g/mol. The van der Waals surface area contributed by atoms with Crippen molar-refractivity contribution in [3.63, 3.8) is 0 Å². The number of likely N-dealkylation sites (N-methyl/N-ethyl adjacent to an activating group) is 1. The van der Waals surface area contributed by atoms with Gasteiger partial charge in [0.2, 0.25) is 0 Å². The molecule has 0 aromatic heterocycles. The second-order valence-corrected chi connectivity index (χ2v) is 4.52. The molecule has 2 atom stereocenters. The number of hydrogen-bond donors (Lipinski definition) is 0. The summed E-state index contributed by atoms with van der Waals surface area (Å²) < 4.78 is 0. The van der Waals surface area contributed by atoms with Crippen molar-refractivity contribution in [3.8, 4) is 0 Å². The van der Waals surface area contributed by atoms with Gasteiger partial charge in [-0.3, -0.25) is 4.90 Å². The van der Waals surface area contributed by atoms with Crippen molar-refractivity contribution in [3.05, 3.63) is 12.2 Å². The molecule has 0 N–H and O–H groups in total. The van der Waals surface area contributed by atoms with Gasteiger partial charge in [-0.25, -0.2) is 0 Å². The Morgan fingerprint density at radius 3 is 2.62 bits per heavy atom. The van der Waals surface area contributed by atoms with Gasteiger partial charge in [-0.2, -0.15) is 0 Å². The first-order chi connectivity index (χ1) is 6.27. The lowest BCUT2D eigenvalue weighted by molar-refractivity contribution is 0.189. The Hall–Kier alpha value is -0.340. The van der Waals surface area contributed by atoms with Crippen molar-refractivity contribution in [1.29, 1.82) is 0 Å². The highest BCUT2D eigenvalue weighted by Crippen LogP contribution is 2.21. The number of rotatable bonds is 1. The molecule has 74 valence electrons. The zero-order valence-corrected chi connectivity index (χ0v) is 8.74. The molecule has 0 aliphatic carbocycles. The third-order valence-corrected chi connectivity index (χ3v) is 3.31. The quantitative estimate of drug-likeness (QED) is 0.559. The molecule has 0 spiro atoms. The number of hydrogen-bond acceptors (Lipinski definition) is 2. The zero-order valence-electron chi connectivity index (χ0n) is 8.74. The first kappa shape index (κ1) is 9.22. The molecule has 2 aliphatic rings. The largest absolute Gasteiger partial charge is 0.304 e. The molecule has 2 aliphatic heterocycles. The van der Waals surface area contributed by atoms with Crippen LogP contribution in [0.1, 0.15) is 13.3 Å². The highest BCUT2D eigenvalue weighted by Gasteiger charge is 2.31. The van der Waals surface area contributed by atoms with Gasteiger partial charge in [-0.05, 0) is 19.4 Å². The fraction of sp³-hybridized carbons (Fsp3) is 0.818. The van der Waals surface area contributed by atoms with Crippen LogP contribution >= 0.6 is 0 Å². The summed E-state index contributed by atoms with van der Waals surface area (Å²) in [5.41, 5.74) is 0. The van der Waals surface area contributed by atoms with E-state index in [4.69, 9.17) is 0 Å². The molecule has 2 unspecified atom stereocenters. The molecule has 2 heteroatoms. The summed E-state index contributed by atoms with van der Waals surface area (Å²) in [6.07, 6.45) is 5.86. The Morgan fingerprint density at radius 1 is 1.23 bits per heavy atom.